The van der Waals surface area contributed by atoms with E-state index in [4.69, 9.17) is 0 Å². The average Bonchev–Trinajstić information content (AvgIpc) is 2.81. The van der Waals surface area contributed by atoms with Gasteiger partial charge >= 0.3 is 0 Å². The Morgan fingerprint density at radius 3 is 2.88 bits per heavy atom. The normalized spacial score (nSPS) is 18.0. The van der Waals surface area contributed by atoms with Crippen molar-refractivity contribution in [3.8, 4) is 0 Å². The maximum absolute atomic E-state index is 4.02. The molecular weight excluding hydrogens is 210 g/mol. The van der Waals surface area contributed by atoms with Gasteiger partial charge in [0, 0.05) is 30.5 Å². The third-order valence-corrected chi connectivity index (χ3v) is 3.30. The maximum atomic E-state index is 4.02. The molecule has 2 aromatic rings. The van der Waals surface area contributed by atoms with Gasteiger partial charge in [0.25, 0.3) is 0 Å². The van der Waals surface area contributed by atoms with E-state index in [1.54, 1.807) is 6.33 Å². The number of rotatable bonds is 3. The van der Waals surface area contributed by atoms with Gasteiger partial charge < -0.3 is 5.32 Å². The maximum Gasteiger partial charge on any atom is 0.115 e. The van der Waals surface area contributed by atoms with Crippen LogP contribution in [0.5, 0.6) is 0 Å². The van der Waals surface area contributed by atoms with Gasteiger partial charge in [0.15, 0.2) is 0 Å². The van der Waals surface area contributed by atoms with Crippen LogP contribution in [0.4, 0.5) is 0 Å². The summed E-state index contributed by atoms with van der Waals surface area (Å²) < 4.78 is 0. The summed E-state index contributed by atoms with van der Waals surface area (Å²) >= 11 is 0. The molecule has 1 N–H and O–H groups in total. The SMILES string of the molecule is c1ccc2c(c1)CCC2NCc1cncnc1. The van der Waals surface area contributed by atoms with Crippen LogP contribution in [-0.2, 0) is 13.0 Å². The second kappa shape index (κ2) is 4.63. The smallest absolute Gasteiger partial charge is 0.115 e. The van der Waals surface area contributed by atoms with E-state index in [9.17, 15) is 0 Å². The Kier molecular flexibility index (Phi) is 2.84. The molecule has 1 aromatic heterocycles. The molecule has 17 heavy (non-hydrogen) atoms. The molecule has 1 aromatic carbocycles. The molecular formula is C14H15N3. The molecule has 0 aliphatic heterocycles. The number of benzene rings is 1. The van der Waals surface area contributed by atoms with Gasteiger partial charge in [-0.2, -0.15) is 0 Å². The van der Waals surface area contributed by atoms with Gasteiger partial charge in [-0.15, -0.1) is 0 Å². The molecule has 3 rings (SSSR count). The number of fused-ring (bicyclic) bond motifs is 1. The molecule has 3 heteroatoms. The van der Waals surface area contributed by atoms with E-state index in [1.165, 1.54) is 24.0 Å². The highest BCUT2D eigenvalue weighted by Crippen LogP contribution is 2.30. The fourth-order valence-corrected chi connectivity index (χ4v) is 2.43. The Bertz CT molecular complexity index is 496. The minimum absolute atomic E-state index is 0.478. The number of hydrogen-bond donors (Lipinski definition) is 1. The van der Waals surface area contributed by atoms with Crippen molar-refractivity contribution in [2.45, 2.75) is 25.4 Å². The summed E-state index contributed by atoms with van der Waals surface area (Å²) in [7, 11) is 0. The summed E-state index contributed by atoms with van der Waals surface area (Å²) in [5, 5.41) is 3.57. The summed E-state index contributed by atoms with van der Waals surface area (Å²) in [5.41, 5.74) is 4.07. The van der Waals surface area contributed by atoms with E-state index >= 15 is 0 Å². The number of aryl methyl sites for hydroxylation is 1. The van der Waals surface area contributed by atoms with E-state index in [1.807, 2.05) is 12.4 Å². The van der Waals surface area contributed by atoms with Crippen LogP contribution in [0.1, 0.15) is 29.2 Å². The first-order valence-electron chi connectivity index (χ1n) is 5.98. The lowest BCUT2D eigenvalue weighted by molar-refractivity contribution is 0.529. The number of nitrogens with zero attached hydrogens (tertiary/aromatic N) is 2. The van der Waals surface area contributed by atoms with E-state index in [2.05, 4.69) is 39.6 Å². The van der Waals surface area contributed by atoms with Crippen molar-refractivity contribution < 1.29 is 0 Å². The molecule has 0 spiro atoms. The predicted octanol–water partition coefficient (Wildman–Crippen LogP) is 2.25. The Morgan fingerprint density at radius 1 is 1.18 bits per heavy atom. The second-order valence-electron chi connectivity index (χ2n) is 4.42. The Labute approximate surface area is 101 Å². The molecule has 1 aliphatic rings. The zero-order valence-electron chi connectivity index (χ0n) is 9.63. The summed E-state index contributed by atoms with van der Waals surface area (Å²) in [6, 6.07) is 9.16. The van der Waals surface area contributed by atoms with Crippen LogP contribution < -0.4 is 5.32 Å². The lowest BCUT2D eigenvalue weighted by atomic mass is 10.1. The lowest BCUT2D eigenvalue weighted by Crippen LogP contribution is -2.18. The number of nitrogens with one attached hydrogen (secondary N) is 1. The summed E-state index contributed by atoms with van der Waals surface area (Å²) in [6.45, 7) is 0.833. The molecule has 0 fully saturated rings. The highest BCUT2D eigenvalue weighted by Gasteiger charge is 2.20. The molecule has 0 saturated carbocycles. The first kappa shape index (κ1) is 10.4. The zero-order valence-corrected chi connectivity index (χ0v) is 9.63. The van der Waals surface area contributed by atoms with E-state index in [-0.39, 0.29) is 0 Å². The average molecular weight is 225 g/mol. The molecule has 86 valence electrons. The first-order chi connectivity index (χ1) is 8.43. The minimum atomic E-state index is 0.478. The monoisotopic (exact) mass is 225 g/mol. The Hall–Kier alpha value is -1.74. The third kappa shape index (κ3) is 2.19. The van der Waals surface area contributed by atoms with Crippen molar-refractivity contribution in [1.82, 2.24) is 15.3 Å². The van der Waals surface area contributed by atoms with Crippen LogP contribution in [0.25, 0.3) is 0 Å². The molecule has 1 unspecified atom stereocenters. The van der Waals surface area contributed by atoms with Crippen molar-refractivity contribution in [1.29, 1.82) is 0 Å². The van der Waals surface area contributed by atoms with Crippen LogP contribution in [-0.4, -0.2) is 9.97 Å². The fourth-order valence-electron chi connectivity index (χ4n) is 2.43. The van der Waals surface area contributed by atoms with E-state index < -0.39 is 0 Å². The predicted molar refractivity (Wildman–Crippen MR) is 66.4 cm³/mol. The van der Waals surface area contributed by atoms with Gasteiger partial charge in [0.1, 0.15) is 6.33 Å². The standard InChI is InChI=1S/C14H15N3/c1-2-4-13-12(3-1)5-6-14(13)17-9-11-7-15-10-16-8-11/h1-4,7-8,10,14,17H,5-6,9H2. The third-order valence-electron chi connectivity index (χ3n) is 3.30. The minimum Gasteiger partial charge on any atom is -0.306 e. The fraction of sp³-hybridized carbons (Fsp3) is 0.286. The van der Waals surface area contributed by atoms with Gasteiger partial charge in [-0.3, -0.25) is 0 Å². The molecule has 0 bridgehead atoms. The van der Waals surface area contributed by atoms with Crippen LogP contribution in [0.2, 0.25) is 0 Å². The molecule has 0 amide bonds. The van der Waals surface area contributed by atoms with Gasteiger partial charge in [-0.25, -0.2) is 9.97 Å². The number of aromatic nitrogens is 2. The lowest BCUT2D eigenvalue weighted by Gasteiger charge is -2.13. The largest absolute Gasteiger partial charge is 0.306 e. The van der Waals surface area contributed by atoms with Gasteiger partial charge in [0.05, 0.1) is 0 Å². The van der Waals surface area contributed by atoms with Crippen LogP contribution in [0.3, 0.4) is 0 Å². The molecule has 3 nitrogen and oxygen atoms in total. The summed E-state index contributed by atoms with van der Waals surface area (Å²) in [4.78, 5) is 8.05. The second-order valence-corrected chi connectivity index (χ2v) is 4.42. The Morgan fingerprint density at radius 2 is 2.00 bits per heavy atom. The van der Waals surface area contributed by atoms with Gasteiger partial charge in [-0.1, -0.05) is 24.3 Å². The van der Waals surface area contributed by atoms with E-state index in [0.29, 0.717) is 6.04 Å². The zero-order chi connectivity index (χ0) is 11.5. The summed E-state index contributed by atoms with van der Waals surface area (Å²) in [5.74, 6) is 0. The van der Waals surface area contributed by atoms with E-state index in [0.717, 1.165) is 12.1 Å². The van der Waals surface area contributed by atoms with Crippen LogP contribution >= 0.6 is 0 Å². The highest BCUT2D eigenvalue weighted by atomic mass is 14.9. The highest BCUT2D eigenvalue weighted by molar-refractivity contribution is 5.34. The van der Waals surface area contributed by atoms with Crippen molar-refractivity contribution in [3.63, 3.8) is 0 Å². The van der Waals surface area contributed by atoms with Crippen molar-refractivity contribution in [2.75, 3.05) is 0 Å². The van der Waals surface area contributed by atoms with Gasteiger partial charge in [0.2, 0.25) is 0 Å². The molecule has 1 aliphatic carbocycles. The quantitative estimate of drug-likeness (QED) is 0.870. The molecule has 0 radical (unpaired) electrons. The molecule has 0 saturated heterocycles. The summed E-state index contributed by atoms with van der Waals surface area (Å²) in [6.07, 6.45) is 7.66. The van der Waals surface area contributed by atoms with Crippen molar-refractivity contribution in [3.05, 3.63) is 59.7 Å². The molecule has 1 heterocycles. The van der Waals surface area contributed by atoms with Crippen molar-refractivity contribution >= 4 is 0 Å². The van der Waals surface area contributed by atoms with Gasteiger partial charge in [-0.05, 0) is 24.0 Å². The first-order valence-corrected chi connectivity index (χ1v) is 5.98. The van der Waals surface area contributed by atoms with Crippen LogP contribution in [0, 0.1) is 0 Å². The topological polar surface area (TPSA) is 37.8 Å². The number of hydrogen-bond acceptors (Lipinski definition) is 3. The molecule has 1 atom stereocenters. The Balaban J connectivity index is 1.68. The van der Waals surface area contributed by atoms with Crippen molar-refractivity contribution in [2.24, 2.45) is 0 Å². The van der Waals surface area contributed by atoms with Crippen LogP contribution in [0.15, 0.2) is 43.0 Å².